The SMILES string of the molecule is COC(=O)Cc1c[nH]c(C(F)F)c(Br)c1=O. The van der Waals surface area contributed by atoms with Gasteiger partial charge >= 0.3 is 5.97 Å². The third-order valence-electron chi connectivity index (χ3n) is 1.91. The summed E-state index contributed by atoms with van der Waals surface area (Å²) in [7, 11) is 1.18. The lowest BCUT2D eigenvalue weighted by Crippen LogP contribution is -2.17. The number of esters is 1. The van der Waals surface area contributed by atoms with Crippen molar-refractivity contribution in [2.75, 3.05) is 7.11 Å². The van der Waals surface area contributed by atoms with Crippen LogP contribution in [0.4, 0.5) is 8.78 Å². The highest BCUT2D eigenvalue weighted by molar-refractivity contribution is 9.10. The van der Waals surface area contributed by atoms with Crippen LogP contribution in [-0.4, -0.2) is 18.1 Å². The second-order valence-electron chi connectivity index (χ2n) is 2.92. The minimum absolute atomic E-state index is 0.0723. The molecule has 7 heteroatoms. The summed E-state index contributed by atoms with van der Waals surface area (Å²) in [6.07, 6.45) is -1.95. The molecule has 0 aliphatic carbocycles. The summed E-state index contributed by atoms with van der Waals surface area (Å²) >= 11 is 2.77. The van der Waals surface area contributed by atoms with Crippen molar-refractivity contribution in [2.24, 2.45) is 0 Å². The third-order valence-corrected chi connectivity index (χ3v) is 2.70. The number of aromatic nitrogens is 1. The Kier molecular flexibility index (Phi) is 4.17. The molecule has 1 aromatic rings. The first-order valence-electron chi connectivity index (χ1n) is 4.22. The van der Waals surface area contributed by atoms with Crippen LogP contribution < -0.4 is 5.43 Å². The van der Waals surface area contributed by atoms with Crippen LogP contribution in [0.2, 0.25) is 0 Å². The van der Waals surface area contributed by atoms with Gasteiger partial charge in [-0.05, 0) is 15.9 Å². The van der Waals surface area contributed by atoms with E-state index in [1.807, 2.05) is 0 Å². The number of H-pyrrole nitrogens is 1. The molecule has 4 nitrogen and oxygen atoms in total. The van der Waals surface area contributed by atoms with Gasteiger partial charge in [0.05, 0.1) is 18.0 Å². The highest BCUT2D eigenvalue weighted by atomic mass is 79.9. The van der Waals surface area contributed by atoms with Crippen LogP contribution in [0.25, 0.3) is 0 Å². The van der Waals surface area contributed by atoms with Gasteiger partial charge in [0, 0.05) is 11.8 Å². The van der Waals surface area contributed by atoms with Crippen molar-refractivity contribution >= 4 is 21.9 Å². The number of carbonyl (C=O) groups is 1. The van der Waals surface area contributed by atoms with Crippen LogP contribution in [0, 0.1) is 0 Å². The number of pyridine rings is 1. The minimum Gasteiger partial charge on any atom is -0.469 e. The van der Waals surface area contributed by atoms with Gasteiger partial charge in [-0.25, -0.2) is 8.78 Å². The van der Waals surface area contributed by atoms with E-state index in [0.717, 1.165) is 6.20 Å². The Morgan fingerprint density at radius 2 is 2.25 bits per heavy atom. The predicted octanol–water partition coefficient (Wildman–Crippen LogP) is 1.79. The van der Waals surface area contributed by atoms with Gasteiger partial charge < -0.3 is 9.72 Å². The van der Waals surface area contributed by atoms with Gasteiger partial charge in [0.15, 0.2) is 5.43 Å². The van der Waals surface area contributed by atoms with E-state index in [0.29, 0.717) is 0 Å². The number of aromatic amines is 1. The second-order valence-corrected chi connectivity index (χ2v) is 3.72. The first-order valence-corrected chi connectivity index (χ1v) is 5.01. The Bertz CT molecular complexity index is 459. The molecule has 0 atom stereocenters. The van der Waals surface area contributed by atoms with E-state index in [-0.39, 0.29) is 16.5 Å². The molecule has 0 spiro atoms. The summed E-state index contributed by atoms with van der Waals surface area (Å²) in [5, 5.41) is 0. The van der Waals surface area contributed by atoms with Crippen molar-refractivity contribution in [3.05, 3.63) is 32.2 Å². The van der Waals surface area contributed by atoms with Crippen LogP contribution in [0.15, 0.2) is 15.5 Å². The number of carbonyl (C=O) groups excluding carboxylic acids is 1. The first-order chi connectivity index (χ1) is 7.47. The number of nitrogens with one attached hydrogen (secondary N) is 1. The number of halogens is 3. The molecule has 0 saturated heterocycles. The van der Waals surface area contributed by atoms with Crippen molar-refractivity contribution in [1.82, 2.24) is 4.98 Å². The topological polar surface area (TPSA) is 59.2 Å². The fourth-order valence-electron chi connectivity index (χ4n) is 1.07. The molecule has 0 aromatic carbocycles. The fraction of sp³-hybridized carbons (Fsp3) is 0.333. The summed E-state index contributed by atoms with van der Waals surface area (Å²) < 4.78 is 28.9. The van der Waals surface area contributed by atoms with Crippen molar-refractivity contribution in [3.8, 4) is 0 Å². The van der Waals surface area contributed by atoms with Crippen LogP contribution in [-0.2, 0) is 16.0 Å². The van der Waals surface area contributed by atoms with Gasteiger partial charge in [-0.3, -0.25) is 9.59 Å². The highest BCUT2D eigenvalue weighted by Gasteiger charge is 2.17. The summed E-state index contributed by atoms with van der Waals surface area (Å²) in [4.78, 5) is 24.7. The van der Waals surface area contributed by atoms with Gasteiger partial charge in [0.25, 0.3) is 6.43 Å². The molecule has 1 N–H and O–H groups in total. The lowest BCUT2D eigenvalue weighted by atomic mass is 10.2. The van der Waals surface area contributed by atoms with E-state index in [9.17, 15) is 18.4 Å². The Morgan fingerprint density at radius 1 is 1.62 bits per heavy atom. The number of rotatable bonds is 3. The molecule has 0 aliphatic rings. The van der Waals surface area contributed by atoms with Crippen molar-refractivity contribution < 1.29 is 18.3 Å². The average Bonchev–Trinajstić information content (AvgIpc) is 2.24. The molecular weight excluding hydrogens is 288 g/mol. The molecule has 0 bridgehead atoms. The minimum atomic E-state index is -2.78. The van der Waals surface area contributed by atoms with Crippen LogP contribution >= 0.6 is 15.9 Å². The Morgan fingerprint density at radius 3 is 2.75 bits per heavy atom. The molecule has 16 heavy (non-hydrogen) atoms. The largest absolute Gasteiger partial charge is 0.469 e. The summed E-state index contributed by atoms with van der Waals surface area (Å²) in [6.45, 7) is 0. The Hall–Kier alpha value is -1.24. The zero-order valence-corrected chi connectivity index (χ0v) is 9.81. The molecule has 0 unspecified atom stereocenters. The fourth-order valence-corrected chi connectivity index (χ4v) is 1.62. The van der Waals surface area contributed by atoms with E-state index in [1.165, 1.54) is 7.11 Å². The van der Waals surface area contributed by atoms with Crippen molar-refractivity contribution in [1.29, 1.82) is 0 Å². The highest BCUT2D eigenvalue weighted by Crippen LogP contribution is 2.22. The van der Waals surface area contributed by atoms with Gasteiger partial charge in [0.2, 0.25) is 0 Å². The van der Waals surface area contributed by atoms with Crippen LogP contribution in [0.5, 0.6) is 0 Å². The van der Waals surface area contributed by atoms with Crippen LogP contribution in [0.3, 0.4) is 0 Å². The Labute approximate surface area is 97.7 Å². The molecule has 1 rings (SSSR count). The average molecular weight is 296 g/mol. The molecule has 0 aliphatic heterocycles. The van der Waals surface area contributed by atoms with Crippen molar-refractivity contribution in [2.45, 2.75) is 12.8 Å². The molecule has 0 amide bonds. The van der Waals surface area contributed by atoms with E-state index in [1.54, 1.807) is 0 Å². The number of hydrogen-bond acceptors (Lipinski definition) is 3. The number of methoxy groups -OCH3 is 1. The van der Waals surface area contributed by atoms with E-state index in [4.69, 9.17) is 0 Å². The Balaban J connectivity index is 3.12. The third kappa shape index (κ3) is 2.66. The van der Waals surface area contributed by atoms with Crippen LogP contribution in [0.1, 0.15) is 17.7 Å². The maximum absolute atomic E-state index is 12.4. The van der Waals surface area contributed by atoms with E-state index in [2.05, 4.69) is 25.7 Å². The predicted molar refractivity (Wildman–Crippen MR) is 55.4 cm³/mol. The van der Waals surface area contributed by atoms with Crippen molar-refractivity contribution in [3.63, 3.8) is 0 Å². The molecule has 0 fully saturated rings. The first kappa shape index (κ1) is 12.8. The lowest BCUT2D eigenvalue weighted by Gasteiger charge is -2.05. The maximum Gasteiger partial charge on any atom is 0.310 e. The van der Waals surface area contributed by atoms with Gasteiger partial charge in [0.1, 0.15) is 5.69 Å². The smallest absolute Gasteiger partial charge is 0.310 e. The van der Waals surface area contributed by atoms with Gasteiger partial charge in [-0.15, -0.1) is 0 Å². The quantitative estimate of drug-likeness (QED) is 0.865. The zero-order valence-electron chi connectivity index (χ0n) is 8.22. The van der Waals surface area contributed by atoms with Gasteiger partial charge in [-0.2, -0.15) is 0 Å². The molecule has 1 aromatic heterocycles. The van der Waals surface area contributed by atoms with Gasteiger partial charge in [-0.1, -0.05) is 0 Å². The number of ether oxygens (including phenoxy) is 1. The zero-order chi connectivity index (χ0) is 12.3. The second kappa shape index (κ2) is 5.20. The molecular formula is C9H8BrF2NO3. The molecule has 0 radical (unpaired) electrons. The normalized spacial score (nSPS) is 10.6. The molecule has 88 valence electrons. The maximum atomic E-state index is 12.4. The summed E-state index contributed by atoms with van der Waals surface area (Å²) in [5.74, 6) is -0.609. The molecule has 1 heterocycles. The summed E-state index contributed by atoms with van der Waals surface area (Å²) in [5.41, 5.74) is -1.07. The summed E-state index contributed by atoms with van der Waals surface area (Å²) in [6, 6.07) is 0. The number of alkyl halides is 2. The standard InChI is InChI=1S/C9H8BrF2NO3/c1-16-5(14)2-4-3-13-7(9(11)12)6(10)8(4)15/h3,9H,2H2,1H3,(H,13,15). The number of hydrogen-bond donors (Lipinski definition) is 1. The molecule has 0 saturated carbocycles. The lowest BCUT2D eigenvalue weighted by molar-refractivity contribution is -0.139. The van der Waals surface area contributed by atoms with E-state index < -0.39 is 23.5 Å². The van der Waals surface area contributed by atoms with E-state index >= 15 is 0 Å². The monoisotopic (exact) mass is 295 g/mol.